The number of nitrogens with one attached hydrogen (secondary N) is 3. The standard InChI is InChI=1S/C23H29N3O3S/c1-29-21-10-6-5-9-18(21)15-25-22(27)19(11-12-30-2)26-23(28)20-13-16-7-3-4-8-17(16)14-24-20/h3-10,19-20,24H,11-15H2,1-2H3,(H,25,27)(H,26,28)/t19-,20-/m0/s1. The number of thioether (sulfide) groups is 1. The number of fused-ring (bicyclic) bond motifs is 1. The fraction of sp³-hybridized carbons (Fsp3) is 0.391. The Hall–Kier alpha value is -2.51. The molecule has 0 saturated carbocycles. The van der Waals surface area contributed by atoms with Crippen LogP contribution in [0.15, 0.2) is 48.5 Å². The zero-order valence-corrected chi connectivity index (χ0v) is 18.3. The van der Waals surface area contributed by atoms with Gasteiger partial charge in [-0.1, -0.05) is 42.5 Å². The molecule has 0 fully saturated rings. The van der Waals surface area contributed by atoms with Crippen LogP contribution in [-0.4, -0.2) is 43.0 Å². The monoisotopic (exact) mass is 427 g/mol. The van der Waals surface area contributed by atoms with Crippen molar-refractivity contribution in [3.05, 3.63) is 65.2 Å². The molecule has 7 heteroatoms. The number of methoxy groups -OCH3 is 1. The van der Waals surface area contributed by atoms with Crippen LogP contribution >= 0.6 is 11.8 Å². The molecule has 1 heterocycles. The highest BCUT2D eigenvalue weighted by molar-refractivity contribution is 7.98. The highest BCUT2D eigenvalue weighted by Gasteiger charge is 2.28. The minimum absolute atomic E-state index is 0.136. The van der Waals surface area contributed by atoms with Crippen LogP contribution in [0.3, 0.4) is 0 Å². The van der Waals surface area contributed by atoms with Gasteiger partial charge in [-0.25, -0.2) is 0 Å². The Morgan fingerprint density at radius 1 is 1.17 bits per heavy atom. The molecule has 0 radical (unpaired) electrons. The van der Waals surface area contributed by atoms with Crippen molar-refractivity contribution in [2.24, 2.45) is 0 Å². The number of hydrogen-bond acceptors (Lipinski definition) is 5. The van der Waals surface area contributed by atoms with Crippen LogP contribution in [0.1, 0.15) is 23.1 Å². The summed E-state index contributed by atoms with van der Waals surface area (Å²) in [6.45, 7) is 1.01. The van der Waals surface area contributed by atoms with Gasteiger partial charge in [0.15, 0.2) is 0 Å². The van der Waals surface area contributed by atoms with E-state index in [1.807, 2.05) is 42.7 Å². The third-order valence-electron chi connectivity index (χ3n) is 5.29. The molecule has 3 rings (SSSR count). The molecule has 30 heavy (non-hydrogen) atoms. The molecule has 2 aromatic rings. The third kappa shape index (κ3) is 5.77. The first-order valence-electron chi connectivity index (χ1n) is 10.1. The summed E-state index contributed by atoms with van der Waals surface area (Å²) in [7, 11) is 1.61. The van der Waals surface area contributed by atoms with Crippen molar-refractivity contribution in [1.29, 1.82) is 0 Å². The second kappa shape index (κ2) is 11.0. The van der Waals surface area contributed by atoms with Crippen LogP contribution in [0.4, 0.5) is 0 Å². The normalized spacial score (nSPS) is 16.3. The zero-order valence-electron chi connectivity index (χ0n) is 17.4. The number of para-hydroxylation sites is 1. The van der Waals surface area contributed by atoms with E-state index in [-0.39, 0.29) is 17.9 Å². The van der Waals surface area contributed by atoms with Gasteiger partial charge in [0.25, 0.3) is 0 Å². The van der Waals surface area contributed by atoms with Crippen molar-refractivity contribution in [2.75, 3.05) is 19.1 Å². The fourth-order valence-corrected chi connectivity index (χ4v) is 4.04. The van der Waals surface area contributed by atoms with E-state index in [4.69, 9.17) is 4.74 Å². The minimum Gasteiger partial charge on any atom is -0.496 e. The Morgan fingerprint density at radius 2 is 1.90 bits per heavy atom. The van der Waals surface area contributed by atoms with E-state index in [0.29, 0.717) is 25.9 Å². The molecule has 1 aliphatic heterocycles. The molecule has 0 saturated heterocycles. The molecule has 1 aliphatic rings. The molecule has 2 amide bonds. The van der Waals surface area contributed by atoms with E-state index in [9.17, 15) is 9.59 Å². The highest BCUT2D eigenvalue weighted by atomic mass is 32.2. The van der Waals surface area contributed by atoms with Crippen LogP contribution in [0.5, 0.6) is 5.75 Å². The Kier molecular flexibility index (Phi) is 8.16. The van der Waals surface area contributed by atoms with Crippen LogP contribution < -0.4 is 20.7 Å². The molecule has 2 atom stereocenters. The number of rotatable bonds is 9. The SMILES string of the molecule is COc1ccccc1CNC(=O)[C@H](CCSC)NC(=O)[C@@H]1Cc2ccccc2CN1. The number of carbonyl (C=O) groups excluding carboxylic acids is 2. The summed E-state index contributed by atoms with van der Waals surface area (Å²) >= 11 is 1.65. The largest absolute Gasteiger partial charge is 0.496 e. The molecular formula is C23H29N3O3S. The highest BCUT2D eigenvalue weighted by Crippen LogP contribution is 2.18. The number of hydrogen-bond donors (Lipinski definition) is 3. The van der Waals surface area contributed by atoms with Gasteiger partial charge >= 0.3 is 0 Å². The van der Waals surface area contributed by atoms with Gasteiger partial charge in [0.2, 0.25) is 11.8 Å². The number of ether oxygens (including phenoxy) is 1. The lowest BCUT2D eigenvalue weighted by molar-refractivity contribution is -0.130. The van der Waals surface area contributed by atoms with Gasteiger partial charge in [0.1, 0.15) is 11.8 Å². The van der Waals surface area contributed by atoms with Gasteiger partial charge < -0.3 is 20.7 Å². The van der Waals surface area contributed by atoms with Crippen LogP contribution in [-0.2, 0) is 29.1 Å². The van der Waals surface area contributed by atoms with E-state index >= 15 is 0 Å². The molecule has 0 unspecified atom stereocenters. The van der Waals surface area contributed by atoms with E-state index in [2.05, 4.69) is 28.1 Å². The third-order valence-corrected chi connectivity index (χ3v) is 5.93. The summed E-state index contributed by atoms with van der Waals surface area (Å²) in [6, 6.07) is 14.8. The maximum atomic E-state index is 12.9. The van der Waals surface area contributed by atoms with Gasteiger partial charge in [0, 0.05) is 18.7 Å². The summed E-state index contributed by atoms with van der Waals surface area (Å²) < 4.78 is 5.34. The Morgan fingerprint density at radius 3 is 2.67 bits per heavy atom. The Labute approximate surface area is 182 Å². The van der Waals surface area contributed by atoms with Gasteiger partial charge in [-0.05, 0) is 42.0 Å². The van der Waals surface area contributed by atoms with E-state index in [0.717, 1.165) is 17.1 Å². The maximum absolute atomic E-state index is 12.9. The first-order valence-corrected chi connectivity index (χ1v) is 11.5. The summed E-state index contributed by atoms with van der Waals surface area (Å²) in [5.41, 5.74) is 3.29. The zero-order chi connectivity index (χ0) is 21.3. The molecule has 0 bridgehead atoms. The summed E-state index contributed by atoms with van der Waals surface area (Å²) in [4.78, 5) is 25.7. The molecule has 6 nitrogen and oxygen atoms in total. The molecule has 0 aromatic heterocycles. The smallest absolute Gasteiger partial charge is 0.242 e. The van der Waals surface area contributed by atoms with Crippen molar-refractivity contribution in [2.45, 2.75) is 38.0 Å². The van der Waals surface area contributed by atoms with Gasteiger partial charge in [0.05, 0.1) is 13.2 Å². The fourth-order valence-electron chi connectivity index (χ4n) is 3.57. The molecule has 0 spiro atoms. The second-order valence-corrected chi connectivity index (χ2v) is 8.26. The predicted octanol–water partition coefficient (Wildman–Crippen LogP) is 2.26. The van der Waals surface area contributed by atoms with Crippen molar-refractivity contribution in [3.8, 4) is 5.75 Å². The average Bonchev–Trinajstić information content (AvgIpc) is 2.79. The lowest BCUT2D eigenvalue weighted by Crippen LogP contribution is -2.54. The number of amides is 2. The minimum atomic E-state index is -0.571. The second-order valence-electron chi connectivity index (χ2n) is 7.28. The quantitative estimate of drug-likeness (QED) is 0.572. The molecular weight excluding hydrogens is 398 g/mol. The van der Waals surface area contributed by atoms with E-state index in [1.54, 1.807) is 18.9 Å². The number of benzene rings is 2. The predicted molar refractivity (Wildman–Crippen MR) is 121 cm³/mol. The van der Waals surface area contributed by atoms with Gasteiger partial charge in [-0.15, -0.1) is 0 Å². The number of carbonyl (C=O) groups is 2. The summed E-state index contributed by atoms with van der Waals surface area (Å²) in [5, 5.41) is 9.19. The van der Waals surface area contributed by atoms with Crippen LogP contribution in [0.2, 0.25) is 0 Å². The van der Waals surface area contributed by atoms with Crippen molar-refractivity contribution in [1.82, 2.24) is 16.0 Å². The molecule has 2 aromatic carbocycles. The van der Waals surface area contributed by atoms with Gasteiger partial charge in [-0.3, -0.25) is 9.59 Å². The van der Waals surface area contributed by atoms with Crippen LogP contribution in [0, 0.1) is 0 Å². The lowest BCUT2D eigenvalue weighted by atomic mass is 9.95. The molecule has 3 N–H and O–H groups in total. The van der Waals surface area contributed by atoms with E-state index in [1.165, 1.54) is 11.1 Å². The Bertz CT molecular complexity index is 874. The average molecular weight is 428 g/mol. The summed E-state index contributed by atoms with van der Waals surface area (Å²) in [6.07, 6.45) is 3.19. The van der Waals surface area contributed by atoms with Gasteiger partial charge in [-0.2, -0.15) is 11.8 Å². The van der Waals surface area contributed by atoms with E-state index < -0.39 is 6.04 Å². The molecule has 0 aliphatic carbocycles. The van der Waals surface area contributed by atoms with Crippen molar-refractivity contribution >= 4 is 23.6 Å². The topological polar surface area (TPSA) is 79.5 Å². The Balaban J connectivity index is 1.60. The maximum Gasteiger partial charge on any atom is 0.242 e. The van der Waals surface area contributed by atoms with Crippen molar-refractivity contribution < 1.29 is 14.3 Å². The summed E-state index contributed by atoms with van der Waals surface area (Å²) in [5.74, 6) is 1.20. The first-order chi connectivity index (χ1) is 14.6. The first kappa shape index (κ1) is 22.2. The lowest BCUT2D eigenvalue weighted by Gasteiger charge is -2.27. The molecule has 160 valence electrons. The van der Waals surface area contributed by atoms with Crippen molar-refractivity contribution in [3.63, 3.8) is 0 Å². The van der Waals surface area contributed by atoms with Crippen LogP contribution in [0.25, 0.3) is 0 Å².